The molecule has 1 radical (unpaired) electrons. The Morgan fingerprint density at radius 1 is 0.571 bits per heavy atom. The van der Waals surface area contributed by atoms with E-state index in [9.17, 15) is 0 Å². The van der Waals surface area contributed by atoms with E-state index in [-0.39, 0.29) is 0 Å². The highest BCUT2D eigenvalue weighted by atomic mass is 13.9. The molecule has 0 saturated heterocycles. The third-order valence-electron chi connectivity index (χ3n) is 2.11. The monoisotopic (exact) mass is 187 g/mol. The van der Waals surface area contributed by atoms with Crippen molar-refractivity contribution in [2.75, 3.05) is 0 Å². The first-order chi connectivity index (χ1) is 7.00. The summed E-state index contributed by atoms with van der Waals surface area (Å²) in [5.41, 5.74) is 0. The van der Waals surface area contributed by atoms with Crippen LogP contribution in [0.1, 0.15) is 32.1 Å². The predicted octanol–water partition coefficient (Wildman–Crippen LogP) is 4.38. The molecular formula is C14H19. The summed E-state index contributed by atoms with van der Waals surface area (Å²) in [6.45, 7) is 0. The molecule has 14 heavy (non-hydrogen) atoms. The predicted molar refractivity (Wildman–Crippen MR) is 63.9 cm³/mol. The summed E-state index contributed by atoms with van der Waals surface area (Å²) in [6, 6.07) is 0. The number of hydrogen-bond acceptors (Lipinski definition) is 0. The van der Waals surface area contributed by atoms with E-state index in [1.165, 1.54) is 19.3 Å². The molecule has 0 fully saturated rings. The fourth-order valence-corrected chi connectivity index (χ4v) is 1.31. The zero-order valence-corrected chi connectivity index (χ0v) is 8.73. The van der Waals surface area contributed by atoms with Crippen LogP contribution in [0, 0.1) is 6.42 Å². The molecule has 0 heterocycles. The average molecular weight is 187 g/mol. The summed E-state index contributed by atoms with van der Waals surface area (Å²) in [5.74, 6) is 0. The summed E-state index contributed by atoms with van der Waals surface area (Å²) in [6.07, 6.45) is 25.5. The van der Waals surface area contributed by atoms with Crippen LogP contribution in [-0.4, -0.2) is 0 Å². The Labute approximate surface area is 87.7 Å². The van der Waals surface area contributed by atoms with Gasteiger partial charge in [0.15, 0.2) is 0 Å². The minimum Gasteiger partial charge on any atom is -0.0882 e. The van der Waals surface area contributed by atoms with Gasteiger partial charge >= 0.3 is 0 Å². The summed E-state index contributed by atoms with van der Waals surface area (Å²) in [4.78, 5) is 0. The lowest BCUT2D eigenvalue weighted by molar-refractivity contribution is 0.867. The largest absolute Gasteiger partial charge is 0.0882 e. The molecule has 0 bridgehead atoms. The van der Waals surface area contributed by atoms with Crippen LogP contribution in [0.2, 0.25) is 0 Å². The minimum atomic E-state index is 1.04. The first kappa shape index (κ1) is 11.0. The molecule has 0 aliphatic heterocycles. The molecule has 0 heteroatoms. The second-order valence-electron chi connectivity index (χ2n) is 3.39. The van der Waals surface area contributed by atoms with E-state index in [0.717, 1.165) is 12.8 Å². The van der Waals surface area contributed by atoms with Gasteiger partial charge in [-0.05, 0) is 38.5 Å². The molecule has 1 aliphatic rings. The zero-order chi connectivity index (χ0) is 9.90. The lowest BCUT2D eigenvalue weighted by Gasteiger charge is -1.91. The second-order valence-corrected chi connectivity index (χ2v) is 3.39. The lowest BCUT2D eigenvalue weighted by Crippen LogP contribution is -1.72. The molecular weight excluding hydrogens is 168 g/mol. The normalized spacial score (nSPS) is 28.6. The zero-order valence-electron chi connectivity index (χ0n) is 8.73. The van der Waals surface area contributed by atoms with Crippen LogP contribution in [-0.2, 0) is 0 Å². The van der Waals surface area contributed by atoms with Gasteiger partial charge in [0.2, 0.25) is 0 Å². The van der Waals surface area contributed by atoms with Crippen LogP contribution < -0.4 is 0 Å². The van der Waals surface area contributed by atoms with Crippen LogP contribution in [0.5, 0.6) is 0 Å². The van der Waals surface area contributed by atoms with Crippen LogP contribution in [0.3, 0.4) is 0 Å². The van der Waals surface area contributed by atoms with Gasteiger partial charge in [-0.1, -0.05) is 48.6 Å². The summed E-state index contributed by atoms with van der Waals surface area (Å²) >= 11 is 0. The molecule has 0 amide bonds. The highest BCUT2D eigenvalue weighted by Crippen LogP contribution is 2.01. The van der Waals surface area contributed by atoms with Crippen molar-refractivity contribution >= 4 is 0 Å². The van der Waals surface area contributed by atoms with Crippen molar-refractivity contribution in [3.8, 4) is 0 Å². The minimum absolute atomic E-state index is 1.04. The van der Waals surface area contributed by atoms with Crippen LogP contribution in [0.15, 0.2) is 48.6 Å². The smallest absolute Gasteiger partial charge is 0.0133 e. The standard InChI is InChI=1S/C14H19/c1-2-4-6-8-10-12-14-13-11-9-7-5-3-1/h1-4,7,9,12-14H,5-6,8,10-11H2/b3-1+,4-2-,9-7+,14-12+. The van der Waals surface area contributed by atoms with E-state index in [2.05, 4.69) is 55.0 Å². The molecule has 0 N–H and O–H groups in total. The SMILES string of the molecule is [CH]1/C=C/CCC/C=C\C=C\C/C=C/C1. The molecule has 0 aromatic heterocycles. The van der Waals surface area contributed by atoms with E-state index in [4.69, 9.17) is 0 Å². The van der Waals surface area contributed by atoms with Crippen molar-refractivity contribution < 1.29 is 0 Å². The van der Waals surface area contributed by atoms with Crippen LogP contribution >= 0.6 is 0 Å². The van der Waals surface area contributed by atoms with Gasteiger partial charge < -0.3 is 0 Å². The first-order valence-corrected chi connectivity index (χ1v) is 5.45. The van der Waals surface area contributed by atoms with E-state index in [1.807, 2.05) is 0 Å². The maximum absolute atomic E-state index is 2.25. The van der Waals surface area contributed by atoms with Crippen molar-refractivity contribution in [3.05, 3.63) is 55.0 Å². The summed E-state index contributed by atoms with van der Waals surface area (Å²) in [5, 5.41) is 0. The molecule has 75 valence electrons. The van der Waals surface area contributed by atoms with Gasteiger partial charge in [0.1, 0.15) is 0 Å². The number of allylic oxidation sites excluding steroid dienone is 8. The van der Waals surface area contributed by atoms with Gasteiger partial charge in [-0.15, -0.1) is 0 Å². The third kappa shape index (κ3) is 6.47. The fourth-order valence-electron chi connectivity index (χ4n) is 1.31. The fraction of sp³-hybridized carbons (Fsp3) is 0.357. The Hall–Kier alpha value is -1.04. The van der Waals surface area contributed by atoms with Crippen molar-refractivity contribution in [1.29, 1.82) is 0 Å². The van der Waals surface area contributed by atoms with E-state index in [1.54, 1.807) is 0 Å². The van der Waals surface area contributed by atoms with Gasteiger partial charge in [-0.3, -0.25) is 0 Å². The summed E-state index contributed by atoms with van der Waals surface area (Å²) in [7, 11) is 0. The van der Waals surface area contributed by atoms with Gasteiger partial charge in [-0.2, -0.15) is 0 Å². The molecule has 0 spiro atoms. The van der Waals surface area contributed by atoms with E-state index >= 15 is 0 Å². The number of rotatable bonds is 0. The Morgan fingerprint density at radius 3 is 2.21 bits per heavy atom. The highest BCUT2D eigenvalue weighted by Gasteiger charge is 1.82. The van der Waals surface area contributed by atoms with Gasteiger partial charge in [-0.25, -0.2) is 0 Å². The Bertz CT molecular complexity index is 228. The third-order valence-corrected chi connectivity index (χ3v) is 2.11. The first-order valence-electron chi connectivity index (χ1n) is 5.45. The summed E-state index contributed by atoms with van der Waals surface area (Å²) < 4.78 is 0. The Morgan fingerprint density at radius 2 is 1.29 bits per heavy atom. The van der Waals surface area contributed by atoms with Crippen molar-refractivity contribution in [3.63, 3.8) is 0 Å². The Balaban J connectivity index is 2.34. The van der Waals surface area contributed by atoms with Gasteiger partial charge in [0, 0.05) is 0 Å². The average Bonchev–Trinajstić information content (AvgIpc) is 2.22. The molecule has 0 saturated carbocycles. The Kier molecular flexibility index (Phi) is 6.74. The molecule has 0 nitrogen and oxygen atoms in total. The lowest BCUT2D eigenvalue weighted by atomic mass is 10.2. The maximum atomic E-state index is 2.25. The number of hydrogen-bond donors (Lipinski definition) is 0. The maximum Gasteiger partial charge on any atom is -0.0133 e. The van der Waals surface area contributed by atoms with Crippen molar-refractivity contribution in [1.82, 2.24) is 0 Å². The van der Waals surface area contributed by atoms with Crippen LogP contribution in [0.4, 0.5) is 0 Å². The molecule has 0 atom stereocenters. The van der Waals surface area contributed by atoms with E-state index in [0.29, 0.717) is 0 Å². The molecule has 1 aliphatic carbocycles. The highest BCUT2D eigenvalue weighted by molar-refractivity contribution is 5.06. The molecule has 0 aromatic carbocycles. The van der Waals surface area contributed by atoms with Gasteiger partial charge in [0.25, 0.3) is 0 Å². The topological polar surface area (TPSA) is 0 Å². The second kappa shape index (κ2) is 8.55. The van der Waals surface area contributed by atoms with E-state index < -0.39 is 0 Å². The van der Waals surface area contributed by atoms with Crippen molar-refractivity contribution in [2.24, 2.45) is 0 Å². The molecule has 0 aromatic rings. The van der Waals surface area contributed by atoms with Crippen molar-refractivity contribution in [2.45, 2.75) is 32.1 Å². The quantitative estimate of drug-likeness (QED) is 0.494. The van der Waals surface area contributed by atoms with Gasteiger partial charge in [0.05, 0.1) is 0 Å². The molecule has 1 rings (SSSR count). The molecule has 0 unspecified atom stereocenters. The van der Waals surface area contributed by atoms with Crippen LogP contribution in [0.25, 0.3) is 0 Å².